The summed E-state index contributed by atoms with van der Waals surface area (Å²) in [6.45, 7) is 7.51. The quantitative estimate of drug-likeness (QED) is 0.876. The van der Waals surface area contributed by atoms with Crippen molar-refractivity contribution in [3.63, 3.8) is 0 Å². The van der Waals surface area contributed by atoms with Crippen LogP contribution in [0.4, 0.5) is 5.00 Å². The molecule has 0 aliphatic carbocycles. The van der Waals surface area contributed by atoms with Gasteiger partial charge in [-0.3, -0.25) is 9.69 Å². The molecule has 1 amide bonds. The maximum absolute atomic E-state index is 11.8. The molecular weight excluding hydrogens is 246 g/mol. The van der Waals surface area contributed by atoms with Gasteiger partial charge in [0.15, 0.2) is 0 Å². The molecule has 0 saturated carbocycles. The second-order valence-electron chi connectivity index (χ2n) is 5.20. The highest BCUT2D eigenvalue weighted by Crippen LogP contribution is 2.35. The number of hydrogen-bond donors (Lipinski definition) is 2. The van der Waals surface area contributed by atoms with Crippen LogP contribution in [0, 0.1) is 5.92 Å². The van der Waals surface area contributed by atoms with E-state index >= 15 is 0 Å². The standard InChI is InChI=1S/C13H21N3OS/c1-8(2)6-16-5-4-9-10(7-16)18-12(14)11(9)13(17)15-3/h8H,4-7,14H2,1-3H3,(H,15,17). The average molecular weight is 267 g/mol. The Balaban J connectivity index is 2.23. The monoisotopic (exact) mass is 267 g/mol. The van der Waals surface area contributed by atoms with Crippen molar-refractivity contribution < 1.29 is 4.79 Å². The zero-order chi connectivity index (χ0) is 13.3. The number of rotatable bonds is 3. The van der Waals surface area contributed by atoms with E-state index < -0.39 is 0 Å². The van der Waals surface area contributed by atoms with Gasteiger partial charge in [-0.15, -0.1) is 11.3 Å². The minimum Gasteiger partial charge on any atom is -0.390 e. The summed E-state index contributed by atoms with van der Waals surface area (Å²) >= 11 is 1.57. The summed E-state index contributed by atoms with van der Waals surface area (Å²) in [5.74, 6) is 0.615. The van der Waals surface area contributed by atoms with E-state index in [0.29, 0.717) is 16.5 Å². The van der Waals surface area contributed by atoms with Gasteiger partial charge in [0.2, 0.25) is 0 Å². The Kier molecular flexibility index (Phi) is 3.92. The molecule has 3 N–H and O–H groups in total. The first-order valence-corrected chi connectivity index (χ1v) is 7.19. The second kappa shape index (κ2) is 5.28. The second-order valence-corrected chi connectivity index (χ2v) is 6.34. The maximum atomic E-state index is 11.8. The summed E-state index contributed by atoms with van der Waals surface area (Å²) in [6.07, 6.45) is 0.929. The molecule has 1 aromatic rings. The molecule has 5 heteroatoms. The van der Waals surface area contributed by atoms with Gasteiger partial charge in [-0.2, -0.15) is 0 Å². The van der Waals surface area contributed by atoms with Crippen LogP contribution < -0.4 is 11.1 Å². The Morgan fingerprint density at radius 1 is 1.56 bits per heavy atom. The van der Waals surface area contributed by atoms with Gasteiger partial charge in [-0.25, -0.2) is 0 Å². The number of hydrogen-bond acceptors (Lipinski definition) is 4. The van der Waals surface area contributed by atoms with Gasteiger partial charge in [-0.1, -0.05) is 13.8 Å². The van der Waals surface area contributed by atoms with Gasteiger partial charge in [0.25, 0.3) is 5.91 Å². The zero-order valence-corrected chi connectivity index (χ0v) is 12.1. The summed E-state index contributed by atoms with van der Waals surface area (Å²) < 4.78 is 0. The first-order valence-electron chi connectivity index (χ1n) is 6.37. The van der Waals surface area contributed by atoms with Crippen molar-refractivity contribution in [2.24, 2.45) is 5.92 Å². The van der Waals surface area contributed by atoms with Gasteiger partial charge in [0.1, 0.15) is 0 Å². The highest BCUT2D eigenvalue weighted by molar-refractivity contribution is 7.16. The molecule has 0 radical (unpaired) electrons. The summed E-state index contributed by atoms with van der Waals surface area (Å²) in [5, 5.41) is 3.33. The molecule has 0 spiro atoms. The van der Waals surface area contributed by atoms with Crippen LogP contribution in [-0.4, -0.2) is 30.9 Å². The van der Waals surface area contributed by atoms with Gasteiger partial charge in [0, 0.05) is 31.6 Å². The molecule has 1 aliphatic heterocycles. The van der Waals surface area contributed by atoms with Crippen LogP contribution in [0.3, 0.4) is 0 Å². The van der Waals surface area contributed by atoms with Crippen molar-refractivity contribution in [1.29, 1.82) is 0 Å². The molecule has 0 fully saturated rings. The molecular formula is C13H21N3OS. The minimum absolute atomic E-state index is 0.0534. The molecule has 4 nitrogen and oxygen atoms in total. The summed E-state index contributed by atoms with van der Waals surface area (Å²) in [5.41, 5.74) is 7.86. The number of nitrogen functional groups attached to an aromatic ring is 1. The fraction of sp³-hybridized carbons (Fsp3) is 0.615. The lowest BCUT2D eigenvalue weighted by molar-refractivity contribution is 0.0962. The first-order chi connectivity index (χ1) is 8.52. The number of carbonyl (C=O) groups is 1. The largest absolute Gasteiger partial charge is 0.390 e. The molecule has 18 heavy (non-hydrogen) atoms. The molecule has 1 aromatic heterocycles. The fourth-order valence-electron chi connectivity index (χ4n) is 2.52. The molecule has 2 rings (SSSR count). The summed E-state index contributed by atoms with van der Waals surface area (Å²) in [7, 11) is 1.65. The molecule has 1 aliphatic rings. The normalized spacial score (nSPS) is 15.8. The molecule has 100 valence electrons. The van der Waals surface area contributed by atoms with Crippen molar-refractivity contribution >= 4 is 22.2 Å². The van der Waals surface area contributed by atoms with Crippen molar-refractivity contribution in [2.75, 3.05) is 25.9 Å². The van der Waals surface area contributed by atoms with E-state index in [1.165, 1.54) is 4.88 Å². The average Bonchev–Trinajstić information content (AvgIpc) is 2.62. The van der Waals surface area contributed by atoms with Crippen molar-refractivity contribution in [1.82, 2.24) is 10.2 Å². The van der Waals surface area contributed by atoms with Crippen LogP contribution >= 0.6 is 11.3 Å². The topological polar surface area (TPSA) is 58.4 Å². The van der Waals surface area contributed by atoms with E-state index in [4.69, 9.17) is 5.73 Å². The third-order valence-electron chi connectivity index (χ3n) is 3.24. The predicted octanol–water partition coefficient (Wildman–Crippen LogP) is 1.70. The molecule has 2 heterocycles. The molecule has 0 bridgehead atoms. The van der Waals surface area contributed by atoms with Crippen LogP contribution in [0.15, 0.2) is 0 Å². The van der Waals surface area contributed by atoms with Crippen molar-refractivity contribution in [3.8, 4) is 0 Å². The molecule has 0 atom stereocenters. The Morgan fingerprint density at radius 3 is 2.89 bits per heavy atom. The number of fused-ring (bicyclic) bond motifs is 1. The number of anilines is 1. The van der Waals surface area contributed by atoms with Gasteiger partial charge in [-0.05, 0) is 17.9 Å². The van der Waals surface area contributed by atoms with Gasteiger partial charge in [0.05, 0.1) is 10.6 Å². The lowest BCUT2D eigenvalue weighted by Gasteiger charge is -2.28. The number of nitrogens with one attached hydrogen (secondary N) is 1. The number of nitrogens with zero attached hydrogens (tertiary/aromatic N) is 1. The number of thiophene rings is 1. The van der Waals surface area contributed by atoms with Crippen LogP contribution in [0.1, 0.15) is 34.6 Å². The predicted molar refractivity (Wildman–Crippen MR) is 75.9 cm³/mol. The summed E-state index contributed by atoms with van der Waals surface area (Å²) in [6, 6.07) is 0. The van der Waals surface area contributed by atoms with Crippen LogP contribution in [-0.2, 0) is 13.0 Å². The number of carbonyl (C=O) groups excluding carboxylic acids is 1. The smallest absolute Gasteiger partial charge is 0.254 e. The maximum Gasteiger partial charge on any atom is 0.254 e. The number of nitrogens with two attached hydrogens (primary N) is 1. The number of amides is 1. The van der Waals surface area contributed by atoms with Crippen LogP contribution in [0.5, 0.6) is 0 Å². The van der Waals surface area contributed by atoms with Crippen LogP contribution in [0.2, 0.25) is 0 Å². The third-order valence-corrected chi connectivity index (χ3v) is 4.29. The van der Waals surface area contributed by atoms with E-state index in [2.05, 4.69) is 24.1 Å². The molecule has 0 aromatic carbocycles. The highest BCUT2D eigenvalue weighted by Gasteiger charge is 2.26. The Hall–Kier alpha value is -1.07. The first kappa shape index (κ1) is 13.4. The Bertz CT molecular complexity index is 453. The van der Waals surface area contributed by atoms with Crippen LogP contribution in [0.25, 0.3) is 0 Å². The Morgan fingerprint density at radius 2 is 2.28 bits per heavy atom. The van der Waals surface area contributed by atoms with Gasteiger partial charge < -0.3 is 11.1 Å². The van der Waals surface area contributed by atoms with E-state index in [0.717, 1.165) is 31.6 Å². The van der Waals surface area contributed by atoms with E-state index in [9.17, 15) is 4.79 Å². The lowest BCUT2D eigenvalue weighted by atomic mass is 10.0. The van der Waals surface area contributed by atoms with E-state index in [1.54, 1.807) is 18.4 Å². The fourth-order valence-corrected chi connectivity index (χ4v) is 3.68. The van der Waals surface area contributed by atoms with Gasteiger partial charge >= 0.3 is 0 Å². The molecule has 0 saturated heterocycles. The Labute approximate surface area is 112 Å². The zero-order valence-electron chi connectivity index (χ0n) is 11.2. The van der Waals surface area contributed by atoms with E-state index in [1.807, 2.05) is 0 Å². The molecule has 0 unspecified atom stereocenters. The third kappa shape index (κ3) is 2.52. The minimum atomic E-state index is -0.0534. The lowest BCUT2D eigenvalue weighted by Crippen LogP contribution is -2.33. The van der Waals surface area contributed by atoms with Crippen molar-refractivity contribution in [2.45, 2.75) is 26.8 Å². The SMILES string of the molecule is CNC(=O)c1c(N)sc2c1CCN(CC(C)C)C2. The highest BCUT2D eigenvalue weighted by atomic mass is 32.1. The van der Waals surface area contributed by atoms with E-state index in [-0.39, 0.29) is 5.91 Å². The van der Waals surface area contributed by atoms with Crippen molar-refractivity contribution in [3.05, 3.63) is 16.0 Å². The summed E-state index contributed by atoms with van der Waals surface area (Å²) in [4.78, 5) is 15.5.